The van der Waals surface area contributed by atoms with Crippen molar-refractivity contribution in [3.63, 3.8) is 0 Å². The van der Waals surface area contributed by atoms with Gasteiger partial charge in [0.05, 0.1) is 0 Å². The summed E-state index contributed by atoms with van der Waals surface area (Å²) in [7, 11) is -1.01. The molecule has 0 saturated carbocycles. The Morgan fingerprint density at radius 2 is 1.83 bits per heavy atom. The van der Waals surface area contributed by atoms with Crippen molar-refractivity contribution in [2.75, 3.05) is 6.26 Å². The Balaban J connectivity index is 2.00. The largest absolute Gasteiger partial charge is 0.366 e. The smallest absolute Gasteiger partial charge is 0.249 e. The molecule has 0 radical (unpaired) electrons. The quantitative estimate of drug-likeness (QED) is 0.880. The number of allylic oxidation sites excluding steroid dienone is 1. The predicted octanol–water partition coefficient (Wildman–Crippen LogP) is 2.93. The second-order valence-corrected chi connectivity index (χ2v) is 6.80. The van der Waals surface area contributed by atoms with Crippen LogP contribution in [0.25, 0.3) is 11.6 Å². The van der Waals surface area contributed by atoms with Crippen LogP contribution in [0.3, 0.4) is 0 Å². The maximum Gasteiger partial charge on any atom is 0.249 e. The minimum Gasteiger partial charge on any atom is -0.366 e. The van der Waals surface area contributed by atoms with Crippen LogP contribution in [0.4, 0.5) is 0 Å². The number of fused-ring (bicyclic) bond motifs is 1. The highest BCUT2D eigenvalue weighted by molar-refractivity contribution is 7.84. The fourth-order valence-corrected chi connectivity index (χ4v) is 3.26. The van der Waals surface area contributed by atoms with E-state index in [-0.39, 0.29) is 0 Å². The van der Waals surface area contributed by atoms with Gasteiger partial charge < -0.3 is 5.73 Å². The van der Waals surface area contributed by atoms with Crippen molar-refractivity contribution in [1.82, 2.24) is 0 Å². The summed E-state index contributed by atoms with van der Waals surface area (Å²) in [5.41, 5.74) is 10.1. The molecule has 2 N–H and O–H groups in total. The van der Waals surface area contributed by atoms with Crippen LogP contribution in [0.5, 0.6) is 0 Å². The molecule has 2 aromatic carbocycles. The molecule has 2 aromatic rings. The Bertz CT molecular complexity index is 848. The molecule has 23 heavy (non-hydrogen) atoms. The number of carbonyl (C=O) groups is 1. The third-order valence-electron chi connectivity index (χ3n) is 3.91. The summed E-state index contributed by atoms with van der Waals surface area (Å²) in [6.45, 7) is 0. The molecular formula is C19H17NO2S. The number of rotatable bonds is 4. The van der Waals surface area contributed by atoms with E-state index in [1.807, 2.05) is 36.4 Å². The maximum atomic E-state index is 11.9. The standard InChI is InChI=1S/C19H17NO2S/c1-23(22)15-9-6-13(7-10-15)12-18(19(20)21)17-11-8-14-4-2-3-5-16(14)17/h2-7,9-12H,8H2,1H3,(H2,20,21). The third-order valence-corrected chi connectivity index (χ3v) is 4.85. The summed E-state index contributed by atoms with van der Waals surface area (Å²) >= 11 is 0. The van der Waals surface area contributed by atoms with E-state index in [4.69, 9.17) is 5.73 Å². The first-order valence-electron chi connectivity index (χ1n) is 7.30. The van der Waals surface area contributed by atoms with Gasteiger partial charge in [-0.2, -0.15) is 0 Å². The van der Waals surface area contributed by atoms with Crippen LogP contribution in [0.15, 0.2) is 65.1 Å². The van der Waals surface area contributed by atoms with E-state index in [0.29, 0.717) is 5.57 Å². The van der Waals surface area contributed by atoms with E-state index in [9.17, 15) is 9.00 Å². The first kappa shape index (κ1) is 15.4. The lowest BCUT2D eigenvalue weighted by Crippen LogP contribution is -2.14. The highest BCUT2D eigenvalue weighted by Gasteiger charge is 2.20. The molecule has 3 rings (SSSR count). The summed E-state index contributed by atoms with van der Waals surface area (Å²) in [6.07, 6.45) is 6.28. The molecule has 0 aromatic heterocycles. The van der Waals surface area contributed by atoms with E-state index in [2.05, 4.69) is 6.07 Å². The summed E-state index contributed by atoms with van der Waals surface area (Å²) in [6, 6.07) is 15.3. The Labute approximate surface area is 138 Å². The molecule has 116 valence electrons. The van der Waals surface area contributed by atoms with E-state index < -0.39 is 16.7 Å². The van der Waals surface area contributed by atoms with Gasteiger partial charge in [0.1, 0.15) is 0 Å². The van der Waals surface area contributed by atoms with Gasteiger partial charge in [0.15, 0.2) is 0 Å². The van der Waals surface area contributed by atoms with Gasteiger partial charge in [0.2, 0.25) is 5.91 Å². The molecule has 0 spiro atoms. The third kappa shape index (κ3) is 3.17. The molecule has 0 saturated heterocycles. The summed E-state index contributed by atoms with van der Waals surface area (Å²) < 4.78 is 11.4. The highest BCUT2D eigenvalue weighted by atomic mass is 32.2. The molecular weight excluding hydrogens is 306 g/mol. The molecule has 1 aliphatic carbocycles. The van der Waals surface area contributed by atoms with Crippen molar-refractivity contribution < 1.29 is 9.00 Å². The Morgan fingerprint density at radius 1 is 1.13 bits per heavy atom. The second kappa shape index (κ2) is 6.34. The monoisotopic (exact) mass is 323 g/mol. The van der Waals surface area contributed by atoms with Crippen LogP contribution in [0, 0.1) is 0 Å². The van der Waals surface area contributed by atoms with Crippen LogP contribution in [-0.4, -0.2) is 16.4 Å². The lowest BCUT2D eigenvalue weighted by Gasteiger charge is -2.08. The molecule has 1 amide bonds. The lowest BCUT2D eigenvalue weighted by atomic mass is 9.97. The number of nitrogens with two attached hydrogens (primary N) is 1. The molecule has 0 aliphatic heterocycles. The van der Waals surface area contributed by atoms with Crippen molar-refractivity contribution in [1.29, 1.82) is 0 Å². The Hall–Kier alpha value is -2.46. The van der Waals surface area contributed by atoms with Crippen molar-refractivity contribution in [2.45, 2.75) is 11.3 Å². The molecule has 1 atom stereocenters. The van der Waals surface area contributed by atoms with Crippen LogP contribution < -0.4 is 5.73 Å². The van der Waals surface area contributed by atoms with Gasteiger partial charge in [0.25, 0.3) is 0 Å². The van der Waals surface area contributed by atoms with Crippen LogP contribution >= 0.6 is 0 Å². The van der Waals surface area contributed by atoms with Gasteiger partial charge in [-0.1, -0.05) is 42.5 Å². The predicted molar refractivity (Wildman–Crippen MR) is 94.1 cm³/mol. The zero-order valence-corrected chi connectivity index (χ0v) is 13.6. The fourth-order valence-electron chi connectivity index (χ4n) is 2.74. The number of benzene rings is 2. The van der Waals surface area contributed by atoms with E-state index >= 15 is 0 Å². The van der Waals surface area contributed by atoms with Crippen LogP contribution in [0.1, 0.15) is 16.7 Å². The summed E-state index contributed by atoms with van der Waals surface area (Å²) in [5, 5.41) is 0. The zero-order valence-electron chi connectivity index (χ0n) is 12.8. The number of hydrogen-bond donors (Lipinski definition) is 1. The van der Waals surface area contributed by atoms with Crippen LogP contribution in [-0.2, 0) is 22.0 Å². The first-order valence-corrected chi connectivity index (χ1v) is 8.86. The van der Waals surface area contributed by atoms with Crippen molar-refractivity contribution in [2.24, 2.45) is 5.73 Å². The molecule has 1 aliphatic rings. The molecule has 0 fully saturated rings. The average molecular weight is 323 g/mol. The van der Waals surface area contributed by atoms with Crippen LogP contribution in [0.2, 0.25) is 0 Å². The van der Waals surface area contributed by atoms with Gasteiger partial charge in [-0.15, -0.1) is 0 Å². The van der Waals surface area contributed by atoms with Gasteiger partial charge in [-0.05, 0) is 46.9 Å². The normalized spacial score (nSPS) is 15.0. The van der Waals surface area contributed by atoms with Crippen molar-refractivity contribution >= 4 is 28.4 Å². The van der Waals surface area contributed by atoms with Crippen molar-refractivity contribution in [3.05, 3.63) is 76.9 Å². The molecule has 1 unspecified atom stereocenters. The van der Waals surface area contributed by atoms with Gasteiger partial charge in [-0.3, -0.25) is 9.00 Å². The molecule has 0 heterocycles. The minimum absolute atomic E-state index is 0.448. The Morgan fingerprint density at radius 3 is 2.48 bits per heavy atom. The number of carbonyl (C=O) groups excluding carboxylic acids is 1. The van der Waals surface area contributed by atoms with E-state index in [1.165, 1.54) is 5.56 Å². The molecule has 0 bridgehead atoms. The topological polar surface area (TPSA) is 60.2 Å². The summed E-state index contributed by atoms with van der Waals surface area (Å²) in [4.78, 5) is 12.7. The average Bonchev–Trinajstić information content (AvgIpc) is 2.96. The minimum atomic E-state index is -1.01. The SMILES string of the molecule is CS(=O)c1ccc(C=C(C(N)=O)C2=CCc3ccccc32)cc1. The zero-order chi connectivity index (χ0) is 16.4. The second-order valence-electron chi connectivity index (χ2n) is 5.42. The number of hydrogen-bond acceptors (Lipinski definition) is 2. The van der Waals surface area contributed by atoms with E-state index in [0.717, 1.165) is 28.0 Å². The van der Waals surface area contributed by atoms with Crippen molar-refractivity contribution in [3.8, 4) is 0 Å². The highest BCUT2D eigenvalue weighted by Crippen LogP contribution is 2.33. The van der Waals surface area contributed by atoms with Gasteiger partial charge >= 0.3 is 0 Å². The lowest BCUT2D eigenvalue weighted by molar-refractivity contribution is -0.114. The summed E-state index contributed by atoms with van der Waals surface area (Å²) in [5.74, 6) is -0.448. The van der Waals surface area contributed by atoms with Gasteiger partial charge in [0, 0.05) is 27.5 Å². The van der Waals surface area contributed by atoms with Gasteiger partial charge in [-0.25, -0.2) is 0 Å². The number of primary amides is 1. The molecule has 3 nitrogen and oxygen atoms in total. The first-order chi connectivity index (χ1) is 11.1. The fraction of sp³-hybridized carbons (Fsp3) is 0.105. The maximum absolute atomic E-state index is 11.9. The molecule has 4 heteroatoms. The number of amides is 1. The van der Waals surface area contributed by atoms with E-state index in [1.54, 1.807) is 24.5 Å². The Kier molecular flexibility index (Phi) is 4.26.